The minimum atomic E-state index is -0.651. The van der Waals surface area contributed by atoms with Gasteiger partial charge in [-0.15, -0.1) is 0 Å². The molecule has 2 atom stereocenters. The van der Waals surface area contributed by atoms with Crippen molar-refractivity contribution in [3.05, 3.63) is 89.9 Å². The van der Waals surface area contributed by atoms with Gasteiger partial charge in [0.25, 0.3) is 0 Å². The van der Waals surface area contributed by atoms with Crippen molar-refractivity contribution in [2.75, 3.05) is 18.0 Å². The van der Waals surface area contributed by atoms with Crippen LogP contribution in [0.1, 0.15) is 35.9 Å². The van der Waals surface area contributed by atoms with E-state index in [4.69, 9.17) is 4.42 Å². The van der Waals surface area contributed by atoms with Crippen LogP contribution >= 0.6 is 0 Å². The standard InChI is InChI=1S/C24H25N3O3/c1-17(18-8-3-2-4-9-18)26-24(29)23(28)25-16-21(22-12-7-15-30-22)27-14-13-19-10-5-6-11-20(19)27/h2-12,15,17,21H,13-14,16H2,1H3,(H,25,28)(H,26,29)/t17-,21+/m1/s1. The van der Waals surface area contributed by atoms with Gasteiger partial charge in [-0.1, -0.05) is 48.5 Å². The maximum atomic E-state index is 12.5. The molecule has 0 fully saturated rings. The Kier molecular flexibility index (Phi) is 5.84. The van der Waals surface area contributed by atoms with Gasteiger partial charge in [0, 0.05) is 18.8 Å². The number of furan rings is 1. The Balaban J connectivity index is 1.42. The first kappa shape index (κ1) is 19.8. The van der Waals surface area contributed by atoms with Crippen molar-refractivity contribution in [1.82, 2.24) is 10.6 Å². The van der Waals surface area contributed by atoms with Gasteiger partial charge in [0.2, 0.25) is 0 Å². The maximum Gasteiger partial charge on any atom is 0.309 e. The molecule has 0 unspecified atom stereocenters. The van der Waals surface area contributed by atoms with Crippen LogP contribution in [0, 0.1) is 0 Å². The van der Waals surface area contributed by atoms with Crippen LogP contribution in [-0.4, -0.2) is 24.9 Å². The normalized spacial score (nSPS) is 14.6. The van der Waals surface area contributed by atoms with Crippen LogP contribution in [0.3, 0.4) is 0 Å². The van der Waals surface area contributed by atoms with Crippen LogP contribution in [0.15, 0.2) is 77.4 Å². The van der Waals surface area contributed by atoms with Gasteiger partial charge in [-0.2, -0.15) is 0 Å². The summed E-state index contributed by atoms with van der Waals surface area (Å²) in [5, 5.41) is 5.53. The van der Waals surface area contributed by atoms with Gasteiger partial charge in [0.1, 0.15) is 11.8 Å². The zero-order valence-corrected chi connectivity index (χ0v) is 16.9. The molecule has 0 spiro atoms. The highest BCUT2D eigenvalue weighted by atomic mass is 16.3. The molecule has 6 heteroatoms. The van der Waals surface area contributed by atoms with E-state index in [2.05, 4.69) is 27.7 Å². The van der Waals surface area contributed by atoms with E-state index >= 15 is 0 Å². The second-order valence-corrected chi connectivity index (χ2v) is 7.42. The molecular weight excluding hydrogens is 378 g/mol. The lowest BCUT2D eigenvalue weighted by Crippen LogP contribution is -2.44. The van der Waals surface area contributed by atoms with Crippen molar-refractivity contribution in [3.63, 3.8) is 0 Å². The van der Waals surface area contributed by atoms with E-state index in [1.54, 1.807) is 6.26 Å². The van der Waals surface area contributed by atoms with E-state index in [9.17, 15) is 9.59 Å². The highest BCUT2D eigenvalue weighted by Crippen LogP contribution is 2.34. The number of nitrogens with one attached hydrogen (secondary N) is 2. The first-order chi connectivity index (χ1) is 14.6. The van der Waals surface area contributed by atoms with Crippen LogP contribution in [0.5, 0.6) is 0 Å². The third kappa shape index (κ3) is 4.22. The molecule has 1 aromatic heterocycles. The Morgan fingerprint density at radius 3 is 2.53 bits per heavy atom. The van der Waals surface area contributed by atoms with Gasteiger partial charge in [0.15, 0.2) is 0 Å². The van der Waals surface area contributed by atoms with Gasteiger partial charge >= 0.3 is 11.8 Å². The zero-order chi connectivity index (χ0) is 20.9. The SMILES string of the molecule is C[C@@H](NC(=O)C(=O)NC[C@@H](c1ccco1)N1CCc2ccccc21)c1ccccc1. The molecule has 0 bridgehead atoms. The average molecular weight is 403 g/mol. The van der Waals surface area contributed by atoms with Gasteiger partial charge in [0.05, 0.1) is 12.3 Å². The molecule has 2 amide bonds. The number of carbonyl (C=O) groups is 2. The molecular formula is C24H25N3O3. The first-order valence-electron chi connectivity index (χ1n) is 10.1. The molecule has 2 N–H and O–H groups in total. The number of hydrogen-bond acceptors (Lipinski definition) is 4. The average Bonchev–Trinajstić information content (AvgIpc) is 3.45. The topological polar surface area (TPSA) is 74.6 Å². The molecule has 2 heterocycles. The molecule has 0 saturated heterocycles. The lowest BCUT2D eigenvalue weighted by atomic mass is 10.1. The number of amides is 2. The fraction of sp³-hybridized carbons (Fsp3) is 0.250. The lowest BCUT2D eigenvalue weighted by Gasteiger charge is -2.29. The smallest absolute Gasteiger partial charge is 0.309 e. The van der Waals surface area contributed by atoms with Gasteiger partial charge in [-0.25, -0.2) is 0 Å². The largest absolute Gasteiger partial charge is 0.467 e. The number of rotatable bonds is 6. The molecule has 0 aliphatic carbocycles. The molecule has 6 nitrogen and oxygen atoms in total. The van der Waals surface area contributed by atoms with E-state index in [0.29, 0.717) is 0 Å². The van der Waals surface area contributed by atoms with Crippen LogP contribution in [0.25, 0.3) is 0 Å². The fourth-order valence-corrected chi connectivity index (χ4v) is 3.89. The Labute approximate surface area is 175 Å². The summed E-state index contributed by atoms with van der Waals surface area (Å²) in [6, 6.07) is 21.1. The minimum absolute atomic E-state index is 0.188. The summed E-state index contributed by atoms with van der Waals surface area (Å²) < 4.78 is 5.64. The van der Waals surface area contributed by atoms with Gasteiger partial charge in [-0.05, 0) is 42.7 Å². The maximum absolute atomic E-state index is 12.5. The number of fused-ring (bicyclic) bond motifs is 1. The molecule has 0 radical (unpaired) electrons. The highest BCUT2D eigenvalue weighted by molar-refractivity contribution is 6.35. The fourth-order valence-electron chi connectivity index (χ4n) is 3.89. The summed E-state index contributed by atoms with van der Waals surface area (Å²) in [5.74, 6) is -0.543. The molecule has 4 rings (SSSR count). The van der Waals surface area contributed by atoms with E-state index < -0.39 is 11.8 Å². The van der Waals surface area contributed by atoms with Gasteiger partial charge < -0.3 is 20.0 Å². The highest BCUT2D eigenvalue weighted by Gasteiger charge is 2.29. The summed E-state index contributed by atoms with van der Waals surface area (Å²) in [6.45, 7) is 2.96. The Morgan fingerprint density at radius 2 is 1.77 bits per heavy atom. The van der Waals surface area contributed by atoms with Crippen LogP contribution in [-0.2, 0) is 16.0 Å². The third-order valence-corrected chi connectivity index (χ3v) is 5.48. The molecule has 0 saturated carbocycles. The molecule has 1 aliphatic heterocycles. The summed E-state index contributed by atoms with van der Waals surface area (Å²) in [4.78, 5) is 27.1. The summed E-state index contributed by atoms with van der Waals surface area (Å²) >= 11 is 0. The lowest BCUT2D eigenvalue weighted by molar-refractivity contribution is -0.139. The van der Waals surface area contributed by atoms with Crippen molar-refractivity contribution in [2.45, 2.75) is 25.4 Å². The molecule has 2 aromatic carbocycles. The summed E-state index contributed by atoms with van der Waals surface area (Å²) in [6.07, 6.45) is 2.57. The summed E-state index contributed by atoms with van der Waals surface area (Å²) in [7, 11) is 0. The van der Waals surface area contributed by atoms with Crippen LogP contribution < -0.4 is 15.5 Å². The zero-order valence-electron chi connectivity index (χ0n) is 16.9. The predicted octanol–water partition coefficient (Wildman–Crippen LogP) is 3.38. The van der Waals surface area contributed by atoms with Crippen molar-refractivity contribution in [1.29, 1.82) is 0 Å². The van der Waals surface area contributed by atoms with Gasteiger partial charge in [-0.3, -0.25) is 9.59 Å². The quantitative estimate of drug-likeness (QED) is 0.619. The van der Waals surface area contributed by atoms with Crippen molar-refractivity contribution >= 4 is 17.5 Å². The first-order valence-corrected chi connectivity index (χ1v) is 10.1. The van der Waals surface area contributed by atoms with Crippen molar-refractivity contribution < 1.29 is 14.0 Å². The number of benzene rings is 2. The number of anilines is 1. The van der Waals surface area contributed by atoms with Crippen LogP contribution in [0.4, 0.5) is 5.69 Å². The number of hydrogen-bond donors (Lipinski definition) is 2. The Bertz CT molecular complexity index is 1000. The van der Waals surface area contributed by atoms with E-state index in [-0.39, 0.29) is 18.6 Å². The van der Waals surface area contributed by atoms with Crippen molar-refractivity contribution in [3.8, 4) is 0 Å². The summed E-state index contributed by atoms with van der Waals surface area (Å²) in [5.41, 5.74) is 3.35. The molecule has 30 heavy (non-hydrogen) atoms. The number of para-hydroxylation sites is 1. The molecule has 154 valence electrons. The number of nitrogens with zero attached hydrogens (tertiary/aromatic N) is 1. The van der Waals surface area contributed by atoms with Crippen LogP contribution in [0.2, 0.25) is 0 Å². The second-order valence-electron chi connectivity index (χ2n) is 7.42. The van der Waals surface area contributed by atoms with E-state index in [0.717, 1.165) is 30.0 Å². The van der Waals surface area contributed by atoms with E-state index in [1.807, 2.05) is 61.5 Å². The monoisotopic (exact) mass is 403 g/mol. The second kappa shape index (κ2) is 8.86. The van der Waals surface area contributed by atoms with Crippen molar-refractivity contribution in [2.24, 2.45) is 0 Å². The number of carbonyl (C=O) groups excluding carboxylic acids is 2. The molecule has 3 aromatic rings. The predicted molar refractivity (Wildman–Crippen MR) is 115 cm³/mol. The molecule has 1 aliphatic rings. The minimum Gasteiger partial charge on any atom is -0.467 e. The van der Waals surface area contributed by atoms with E-state index in [1.165, 1.54) is 5.56 Å². The Hall–Kier alpha value is -3.54. The Morgan fingerprint density at radius 1 is 1.00 bits per heavy atom. The third-order valence-electron chi connectivity index (χ3n) is 5.48.